The van der Waals surface area contributed by atoms with Crippen molar-refractivity contribution in [3.05, 3.63) is 5.56 Å². The number of anilines is 2. The summed E-state index contributed by atoms with van der Waals surface area (Å²) in [4.78, 5) is 0. The number of hydrogen-bond donors (Lipinski definition) is 3. The first-order valence-electron chi connectivity index (χ1n) is 4.87. The van der Waals surface area contributed by atoms with E-state index >= 15 is 0 Å². The Kier molecular flexibility index (Phi) is 5.56. The van der Waals surface area contributed by atoms with Gasteiger partial charge in [-0.1, -0.05) is 0 Å². The van der Waals surface area contributed by atoms with E-state index in [0.717, 1.165) is 6.42 Å². The van der Waals surface area contributed by atoms with Crippen molar-refractivity contribution in [1.82, 2.24) is 4.37 Å². The minimum Gasteiger partial charge on any atom is -0.394 e. The summed E-state index contributed by atoms with van der Waals surface area (Å²) in [6, 6.07) is 2.00. The Hall–Kier alpha value is -1.36. The van der Waals surface area contributed by atoms with Crippen LogP contribution in [0.25, 0.3) is 0 Å². The van der Waals surface area contributed by atoms with Crippen LogP contribution in [0.5, 0.6) is 0 Å². The molecule has 0 atom stereocenters. The lowest BCUT2D eigenvalue weighted by atomic mass is 10.3. The van der Waals surface area contributed by atoms with Crippen LogP contribution in [0.15, 0.2) is 0 Å². The Morgan fingerprint density at radius 1 is 1.56 bits per heavy atom. The second kappa shape index (κ2) is 7.00. The highest BCUT2D eigenvalue weighted by molar-refractivity contribution is 7.10. The molecule has 7 heteroatoms. The van der Waals surface area contributed by atoms with Crippen LogP contribution in [-0.4, -0.2) is 35.8 Å². The third kappa shape index (κ3) is 3.66. The number of nitrogens with two attached hydrogens (primary N) is 1. The van der Waals surface area contributed by atoms with E-state index < -0.39 is 0 Å². The predicted octanol–water partition coefficient (Wildman–Crippen LogP) is 0.408. The van der Waals surface area contributed by atoms with E-state index in [-0.39, 0.29) is 12.4 Å². The maximum Gasteiger partial charge on any atom is 0.157 e. The molecule has 0 unspecified atom stereocenters. The molecule has 0 fully saturated rings. The van der Waals surface area contributed by atoms with Crippen LogP contribution >= 0.6 is 11.5 Å². The summed E-state index contributed by atoms with van der Waals surface area (Å²) in [5, 5.41) is 21.0. The molecule has 0 spiro atoms. The van der Waals surface area contributed by atoms with Gasteiger partial charge in [-0.25, -0.2) is 0 Å². The molecule has 1 rings (SSSR count). The Morgan fingerprint density at radius 3 is 3.06 bits per heavy atom. The highest BCUT2D eigenvalue weighted by atomic mass is 32.1. The molecule has 1 aromatic heterocycles. The van der Waals surface area contributed by atoms with Crippen LogP contribution in [-0.2, 0) is 4.74 Å². The first kappa shape index (κ1) is 12.7. The third-order valence-corrected chi connectivity index (χ3v) is 2.64. The number of rotatable bonds is 7. The van der Waals surface area contributed by atoms with Gasteiger partial charge in [0.25, 0.3) is 0 Å². The van der Waals surface area contributed by atoms with Crippen molar-refractivity contribution in [2.45, 2.75) is 6.42 Å². The number of nitriles is 1. The molecule has 6 nitrogen and oxygen atoms in total. The quantitative estimate of drug-likeness (QED) is 0.598. The van der Waals surface area contributed by atoms with Gasteiger partial charge in [-0.05, 0) is 18.0 Å². The largest absolute Gasteiger partial charge is 0.394 e. The number of nitrogens with one attached hydrogen (secondary N) is 1. The molecule has 0 aliphatic carbocycles. The van der Waals surface area contributed by atoms with Crippen molar-refractivity contribution in [3.63, 3.8) is 0 Å². The lowest BCUT2D eigenvalue weighted by Gasteiger charge is -2.04. The third-order valence-electron chi connectivity index (χ3n) is 1.82. The van der Waals surface area contributed by atoms with Crippen molar-refractivity contribution in [1.29, 1.82) is 5.26 Å². The van der Waals surface area contributed by atoms with Crippen molar-refractivity contribution in [2.75, 3.05) is 37.4 Å². The van der Waals surface area contributed by atoms with Crippen LogP contribution < -0.4 is 11.1 Å². The average molecular weight is 242 g/mol. The number of nitrogens with zero attached hydrogens (tertiary/aromatic N) is 2. The van der Waals surface area contributed by atoms with Crippen LogP contribution in [0.1, 0.15) is 12.0 Å². The Morgan fingerprint density at radius 2 is 2.38 bits per heavy atom. The highest BCUT2D eigenvalue weighted by Crippen LogP contribution is 2.25. The van der Waals surface area contributed by atoms with Crippen LogP contribution in [0.4, 0.5) is 10.8 Å². The maximum atomic E-state index is 8.81. The van der Waals surface area contributed by atoms with E-state index in [1.54, 1.807) is 0 Å². The number of aliphatic hydroxyl groups is 1. The first-order chi connectivity index (χ1) is 7.79. The van der Waals surface area contributed by atoms with Gasteiger partial charge in [-0.3, -0.25) is 0 Å². The first-order valence-corrected chi connectivity index (χ1v) is 5.64. The van der Waals surface area contributed by atoms with Gasteiger partial charge < -0.3 is 20.9 Å². The van der Waals surface area contributed by atoms with Gasteiger partial charge in [0.15, 0.2) is 5.82 Å². The smallest absolute Gasteiger partial charge is 0.157 e. The Balaban J connectivity index is 2.25. The zero-order valence-corrected chi connectivity index (χ0v) is 9.59. The van der Waals surface area contributed by atoms with Gasteiger partial charge in [-0.2, -0.15) is 9.64 Å². The molecule has 1 heterocycles. The van der Waals surface area contributed by atoms with Gasteiger partial charge in [0.05, 0.1) is 13.2 Å². The fraction of sp³-hybridized carbons (Fsp3) is 0.556. The van der Waals surface area contributed by atoms with Crippen LogP contribution in [0.3, 0.4) is 0 Å². The van der Waals surface area contributed by atoms with Crippen molar-refractivity contribution >= 4 is 22.4 Å². The number of aliphatic hydroxyl groups excluding tert-OH is 1. The fourth-order valence-corrected chi connectivity index (χ4v) is 1.76. The molecule has 4 N–H and O–H groups in total. The maximum absolute atomic E-state index is 8.81. The Bertz CT molecular complexity index is 361. The van der Waals surface area contributed by atoms with Crippen LogP contribution in [0.2, 0.25) is 0 Å². The minimum absolute atomic E-state index is 0.0391. The summed E-state index contributed by atoms with van der Waals surface area (Å²) in [6.07, 6.45) is 0.794. The summed E-state index contributed by atoms with van der Waals surface area (Å²) >= 11 is 1.18. The zero-order chi connectivity index (χ0) is 11.8. The lowest BCUT2D eigenvalue weighted by molar-refractivity contribution is 0.0922. The number of nitrogen functional groups attached to an aromatic ring is 1. The van der Waals surface area contributed by atoms with E-state index in [4.69, 9.17) is 20.8 Å². The lowest BCUT2D eigenvalue weighted by Crippen LogP contribution is -2.07. The fourth-order valence-electron chi connectivity index (χ4n) is 1.07. The minimum atomic E-state index is 0.0391. The molecule has 0 radical (unpaired) electrons. The zero-order valence-electron chi connectivity index (χ0n) is 8.77. The van der Waals surface area contributed by atoms with Crippen molar-refractivity contribution in [3.8, 4) is 6.07 Å². The van der Waals surface area contributed by atoms with Gasteiger partial charge >= 0.3 is 0 Å². The van der Waals surface area contributed by atoms with Gasteiger partial charge in [0.1, 0.15) is 16.6 Å². The molecule has 0 amide bonds. The van der Waals surface area contributed by atoms with E-state index in [2.05, 4.69) is 9.69 Å². The van der Waals surface area contributed by atoms with E-state index in [1.807, 2.05) is 6.07 Å². The monoisotopic (exact) mass is 242 g/mol. The van der Waals surface area contributed by atoms with Gasteiger partial charge in [-0.15, -0.1) is 0 Å². The number of hydrogen-bond acceptors (Lipinski definition) is 7. The second-order valence-electron chi connectivity index (χ2n) is 3.00. The summed E-state index contributed by atoms with van der Waals surface area (Å²) in [5.41, 5.74) is 5.91. The second-order valence-corrected chi connectivity index (χ2v) is 3.77. The van der Waals surface area contributed by atoms with Crippen molar-refractivity contribution < 1.29 is 9.84 Å². The Labute approximate surface area is 97.8 Å². The molecule has 0 saturated heterocycles. The molecule has 0 aliphatic rings. The van der Waals surface area contributed by atoms with E-state index in [0.29, 0.717) is 30.3 Å². The molecule has 0 aromatic carbocycles. The summed E-state index contributed by atoms with van der Waals surface area (Å²) < 4.78 is 8.98. The SMILES string of the molecule is N#Cc1c(N)nsc1NCCCOCCO. The molecule has 0 saturated carbocycles. The number of aromatic nitrogens is 1. The summed E-state index contributed by atoms with van der Waals surface area (Å²) in [5.74, 6) is 0.270. The molecule has 16 heavy (non-hydrogen) atoms. The summed E-state index contributed by atoms with van der Waals surface area (Å²) in [7, 11) is 0. The standard InChI is InChI=1S/C9H14N4O2S/c10-6-7-8(11)13-16-9(7)12-2-1-4-15-5-3-14/h12,14H,1-5H2,(H2,11,13). The van der Waals surface area contributed by atoms with Crippen molar-refractivity contribution in [2.24, 2.45) is 0 Å². The molecule has 88 valence electrons. The van der Waals surface area contributed by atoms with Gasteiger partial charge in [0.2, 0.25) is 0 Å². The average Bonchev–Trinajstić information content (AvgIpc) is 2.64. The van der Waals surface area contributed by atoms with Gasteiger partial charge in [0, 0.05) is 13.2 Å². The topological polar surface area (TPSA) is 104 Å². The van der Waals surface area contributed by atoms with Crippen LogP contribution in [0, 0.1) is 11.3 Å². The highest BCUT2D eigenvalue weighted by Gasteiger charge is 2.09. The normalized spacial score (nSPS) is 10.0. The molecular formula is C9H14N4O2S. The molecule has 0 aliphatic heterocycles. The molecule has 0 bridgehead atoms. The molecular weight excluding hydrogens is 228 g/mol. The number of ether oxygens (including phenoxy) is 1. The van der Waals surface area contributed by atoms with E-state index in [9.17, 15) is 0 Å². The summed E-state index contributed by atoms with van der Waals surface area (Å²) in [6.45, 7) is 1.65. The predicted molar refractivity (Wildman–Crippen MR) is 62.3 cm³/mol. The molecule has 1 aromatic rings. The van der Waals surface area contributed by atoms with E-state index in [1.165, 1.54) is 11.5 Å².